The summed E-state index contributed by atoms with van der Waals surface area (Å²) in [7, 11) is -4.22. The molecule has 0 unspecified atom stereocenters. The summed E-state index contributed by atoms with van der Waals surface area (Å²) in [4.78, 5) is 0. The molecule has 7 nitrogen and oxygen atoms in total. The van der Waals surface area contributed by atoms with Crippen LogP contribution in [-0.4, -0.2) is 70.0 Å². The highest BCUT2D eigenvalue weighted by Gasteiger charge is 2.33. The van der Waals surface area contributed by atoms with Gasteiger partial charge in [-0.3, -0.25) is 0 Å². The van der Waals surface area contributed by atoms with Crippen molar-refractivity contribution >= 4 is 20.2 Å². The first kappa shape index (κ1) is 18.3. The molecule has 1 aromatic carbocycles. The van der Waals surface area contributed by atoms with Crippen molar-refractivity contribution in [2.75, 3.05) is 40.3 Å². The molecule has 0 atom stereocenters. The second-order valence-electron chi connectivity index (χ2n) is 5.47. The molecule has 130 valence electrons. The number of benzene rings is 1. The van der Waals surface area contributed by atoms with Crippen LogP contribution in [0.15, 0.2) is 24.3 Å². The van der Waals surface area contributed by atoms with E-state index in [4.69, 9.17) is 0 Å². The molecule has 10 heteroatoms. The van der Waals surface area contributed by atoms with E-state index in [1.807, 2.05) is 0 Å². The molecule has 1 aromatic rings. The number of hydrogen-bond acceptors (Lipinski definition) is 4. The molecule has 1 heterocycles. The van der Waals surface area contributed by atoms with Crippen LogP contribution in [0.25, 0.3) is 0 Å². The highest BCUT2D eigenvalue weighted by molar-refractivity contribution is 7.88. The van der Waals surface area contributed by atoms with Gasteiger partial charge in [-0.15, -0.1) is 0 Å². The fraction of sp³-hybridized carbons (Fsp3) is 0.538. The smallest absolute Gasteiger partial charge is 0.212 e. The van der Waals surface area contributed by atoms with E-state index in [0.29, 0.717) is 5.56 Å². The van der Waals surface area contributed by atoms with Gasteiger partial charge in [0.05, 0.1) is 5.75 Å². The van der Waals surface area contributed by atoms with Crippen LogP contribution in [0, 0.1) is 5.82 Å². The zero-order valence-corrected chi connectivity index (χ0v) is 14.6. The van der Waals surface area contributed by atoms with E-state index in [9.17, 15) is 21.2 Å². The summed E-state index contributed by atoms with van der Waals surface area (Å²) in [6, 6.07) is 5.29. The minimum absolute atomic E-state index is 0.108. The van der Waals surface area contributed by atoms with E-state index >= 15 is 0 Å². The van der Waals surface area contributed by atoms with E-state index in [2.05, 4.69) is 0 Å². The van der Waals surface area contributed by atoms with Crippen LogP contribution in [0.3, 0.4) is 0 Å². The van der Waals surface area contributed by atoms with Crippen LogP contribution < -0.4 is 0 Å². The maximum atomic E-state index is 12.9. The average molecular weight is 365 g/mol. The predicted molar refractivity (Wildman–Crippen MR) is 84.8 cm³/mol. The summed E-state index contributed by atoms with van der Waals surface area (Å²) in [6.07, 6.45) is 0. The minimum Gasteiger partial charge on any atom is -0.212 e. The molecule has 1 fully saturated rings. The fourth-order valence-electron chi connectivity index (χ4n) is 2.29. The number of rotatable bonds is 5. The predicted octanol–water partition coefficient (Wildman–Crippen LogP) is 0.0795. The summed E-state index contributed by atoms with van der Waals surface area (Å²) in [5.74, 6) is -0.651. The van der Waals surface area contributed by atoms with Crippen molar-refractivity contribution < 1.29 is 21.2 Å². The summed E-state index contributed by atoms with van der Waals surface area (Å²) in [5, 5.41) is 0. The Labute approximate surface area is 136 Å². The third kappa shape index (κ3) is 4.27. The molecule has 0 radical (unpaired) electrons. The molecule has 0 aliphatic carbocycles. The maximum absolute atomic E-state index is 12.9. The second kappa shape index (κ2) is 6.81. The van der Waals surface area contributed by atoms with Crippen molar-refractivity contribution in [2.24, 2.45) is 0 Å². The van der Waals surface area contributed by atoms with E-state index in [0.717, 1.165) is 4.31 Å². The van der Waals surface area contributed by atoms with E-state index in [1.54, 1.807) is 0 Å². The number of sulfonamides is 1. The first-order valence-corrected chi connectivity index (χ1v) is 10.0. The van der Waals surface area contributed by atoms with Gasteiger partial charge >= 0.3 is 0 Å². The van der Waals surface area contributed by atoms with Crippen molar-refractivity contribution in [3.63, 3.8) is 0 Å². The molecule has 23 heavy (non-hydrogen) atoms. The van der Waals surface area contributed by atoms with Gasteiger partial charge in [0.1, 0.15) is 5.82 Å². The second-order valence-corrected chi connectivity index (χ2v) is 9.58. The monoisotopic (exact) mass is 365 g/mol. The molecule has 0 bridgehead atoms. The van der Waals surface area contributed by atoms with Gasteiger partial charge in [0.15, 0.2) is 0 Å². The van der Waals surface area contributed by atoms with Gasteiger partial charge in [-0.25, -0.2) is 12.8 Å². The topological polar surface area (TPSA) is 78.0 Å². The minimum atomic E-state index is -3.56. The molecule has 0 spiro atoms. The first-order chi connectivity index (χ1) is 10.6. The number of nitrogens with zero attached hydrogens (tertiary/aromatic N) is 3. The lowest BCUT2D eigenvalue weighted by molar-refractivity contribution is 0.262. The molecule has 1 aliphatic rings. The lowest BCUT2D eigenvalue weighted by atomic mass is 10.2. The van der Waals surface area contributed by atoms with Crippen LogP contribution in [0.2, 0.25) is 0 Å². The molecule has 2 rings (SSSR count). The van der Waals surface area contributed by atoms with Crippen LogP contribution in [0.4, 0.5) is 4.39 Å². The van der Waals surface area contributed by atoms with Gasteiger partial charge in [0.25, 0.3) is 10.2 Å². The van der Waals surface area contributed by atoms with Crippen molar-refractivity contribution in [1.82, 2.24) is 12.9 Å². The van der Waals surface area contributed by atoms with Crippen LogP contribution in [0.5, 0.6) is 0 Å². The van der Waals surface area contributed by atoms with E-state index in [-0.39, 0.29) is 31.9 Å². The lowest BCUT2D eigenvalue weighted by Gasteiger charge is -2.34. The SMILES string of the molecule is CN(C)S(=O)(=O)N1CCN(S(=O)(=O)Cc2ccc(F)cc2)CC1. The summed E-state index contributed by atoms with van der Waals surface area (Å²) >= 11 is 0. The quantitative estimate of drug-likeness (QED) is 0.740. The molecule has 1 aliphatic heterocycles. The number of piperazine rings is 1. The Hall–Kier alpha value is -1.07. The van der Waals surface area contributed by atoms with Crippen LogP contribution >= 0.6 is 0 Å². The normalized spacial score (nSPS) is 18.4. The Kier molecular flexibility index (Phi) is 5.41. The van der Waals surface area contributed by atoms with Gasteiger partial charge in [-0.2, -0.15) is 21.3 Å². The largest absolute Gasteiger partial charge is 0.281 e. The molecule has 1 saturated heterocycles. The summed E-state index contributed by atoms with van der Waals surface area (Å²) in [5.41, 5.74) is 0.495. The summed E-state index contributed by atoms with van der Waals surface area (Å²) < 4.78 is 65.3. The average Bonchev–Trinajstić information content (AvgIpc) is 2.49. The fourth-order valence-corrected chi connectivity index (χ4v) is 4.89. The lowest BCUT2D eigenvalue weighted by Crippen LogP contribution is -2.53. The molecular formula is C13H20FN3O4S2. The van der Waals surface area contributed by atoms with Crippen molar-refractivity contribution in [3.05, 3.63) is 35.6 Å². The van der Waals surface area contributed by atoms with Gasteiger partial charge in [0.2, 0.25) is 10.0 Å². The van der Waals surface area contributed by atoms with Gasteiger partial charge in [0, 0.05) is 40.3 Å². The zero-order valence-electron chi connectivity index (χ0n) is 13.0. The first-order valence-electron chi connectivity index (χ1n) is 7.03. The van der Waals surface area contributed by atoms with Crippen LogP contribution in [0.1, 0.15) is 5.56 Å². The Morgan fingerprint density at radius 2 is 1.43 bits per heavy atom. The Bertz CT molecular complexity index is 740. The Morgan fingerprint density at radius 3 is 1.91 bits per heavy atom. The van der Waals surface area contributed by atoms with Gasteiger partial charge in [-0.05, 0) is 17.7 Å². The highest BCUT2D eigenvalue weighted by Crippen LogP contribution is 2.16. The van der Waals surface area contributed by atoms with Crippen LogP contribution in [-0.2, 0) is 26.0 Å². The number of halogens is 1. The van der Waals surface area contributed by atoms with Gasteiger partial charge < -0.3 is 0 Å². The Morgan fingerprint density at radius 1 is 0.957 bits per heavy atom. The standard InChI is InChI=1S/C13H20FN3O4S2/c1-15(2)23(20,21)17-9-7-16(8-10-17)22(18,19)11-12-3-5-13(14)6-4-12/h3-6H,7-11H2,1-2H3. The molecule has 0 amide bonds. The zero-order chi connectivity index (χ0) is 17.3. The van der Waals surface area contributed by atoms with E-state index < -0.39 is 26.0 Å². The maximum Gasteiger partial charge on any atom is 0.281 e. The van der Waals surface area contributed by atoms with Crippen molar-refractivity contribution in [3.8, 4) is 0 Å². The summed E-state index contributed by atoms with van der Waals surface area (Å²) in [6.45, 7) is 0.444. The van der Waals surface area contributed by atoms with E-state index in [1.165, 1.54) is 47.0 Å². The molecule has 0 N–H and O–H groups in total. The van der Waals surface area contributed by atoms with Crippen molar-refractivity contribution in [2.45, 2.75) is 5.75 Å². The molecule has 0 saturated carbocycles. The number of hydrogen-bond donors (Lipinski definition) is 0. The third-order valence-electron chi connectivity index (χ3n) is 3.64. The highest BCUT2D eigenvalue weighted by atomic mass is 32.2. The molecule has 0 aromatic heterocycles. The molecular weight excluding hydrogens is 345 g/mol. The Balaban J connectivity index is 2.02. The van der Waals surface area contributed by atoms with Gasteiger partial charge in [-0.1, -0.05) is 12.1 Å². The van der Waals surface area contributed by atoms with Crippen molar-refractivity contribution in [1.29, 1.82) is 0 Å². The third-order valence-corrected chi connectivity index (χ3v) is 7.43.